The third-order valence-electron chi connectivity index (χ3n) is 4.62. The molecule has 1 atom stereocenters. The van der Waals surface area contributed by atoms with Gasteiger partial charge in [-0.25, -0.2) is 0 Å². The maximum Gasteiger partial charge on any atom is 0.00671 e. The van der Waals surface area contributed by atoms with Gasteiger partial charge >= 0.3 is 0 Å². The molecule has 0 aromatic carbocycles. The van der Waals surface area contributed by atoms with E-state index in [2.05, 4.69) is 6.92 Å². The molecule has 0 saturated heterocycles. The Hall–Kier alpha value is -0.0400. The van der Waals surface area contributed by atoms with Crippen molar-refractivity contribution in [3.05, 3.63) is 0 Å². The Morgan fingerprint density at radius 2 is 1.16 bits per heavy atom. The number of hydrogen-bond acceptors (Lipinski definition) is 1. The van der Waals surface area contributed by atoms with Crippen LogP contribution >= 0.6 is 0 Å². The van der Waals surface area contributed by atoms with E-state index in [0.29, 0.717) is 6.04 Å². The first-order valence-electron chi connectivity index (χ1n) is 9.10. The van der Waals surface area contributed by atoms with Crippen molar-refractivity contribution in [3.63, 3.8) is 0 Å². The third kappa shape index (κ3) is 10.4. The second kappa shape index (κ2) is 11.8. The largest absolute Gasteiger partial charge is 0.327 e. The summed E-state index contributed by atoms with van der Waals surface area (Å²) in [5, 5.41) is 0. The van der Waals surface area contributed by atoms with Crippen molar-refractivity contribution in [1.29, 1.82) is 0 Å². The third-order valence-corrected chi connectivity index (χ3v) is 4.62. The zero-order valence-corrected chi connectivity index (χ0v) is 13.3. The molecule has 1 aliphatic rings. The fourth-order valence-corrected chi connectivity index (χ4v) is 2.98. The van der Waals surface area contributed by atoms with Crippen LogP contribution < -0.4 is 5.73 Å². The first-order valence-corrected chi connectivity index (χ1v) is 9.10. The van der Waals surface area contributed by atoms with Crippen LogP contribution in [-0.2, 0) is 0 Å². The average molecular weight is 268 g/mol. The predicted octanol–water partition coefficient (Wildman–Crippen LogP) is 5.81. The van der Waals surface area contributed by atoms with Gasteiger partial charge in [-0.2, -0.15) is 0 Å². The van der Waals surface area contributed by atoms with E-state index < -0.39 is 0 Å². The molecule has 1 unspecified atom stereocenters. The molecule has 2 N–H and O–H groups in total. The maximum atomic E-state index is 6.11. The van der Waals surface area contributed by atoms with E-state index >= 15 is 0 Å². The lowest BCUT2D eigenvalue weighted by Gasteiger charge is -2.09. The molecular weight excluding hydrogens is 230 g/mol. The molecule has 1 fully saturated rings. The number of unbranched alkanes of at least 4 members (excludes halogenated alkanes) is 11. The summed E-state index contributed by atoms with van der Waals surface area (Å²) < 4.78 is 0. The quantitative estimate of drug-likeness (QED) is 0.395. The molecule has 1 saturated carbocycles. The summed E-state index contributed by atoms with van der Waals surface area (Å²) in [6.45, 7) is 2.29. The molecule has 0 radical (unpaired) electrons. The molecule has 0 aromatic heterocycles. The summed E-state index contributed by atoms with van der Waals surface area (Å²) in [7, 11) is 0. The Morgan fingerprint density at radius 1 is 0.737 bits per heavy atom. The highest BCUT2D eigenvalue weighted by molar-refractivity contribution is 4.83. The van der Waals surface area contributed by atoms with Gasteiger partial charge in [0.25, 0.3) is 0 Å². The van der Waals surface area contributed by atoms with Gasteiger partial charge in [0.05, 0.1) is 0 Å². The average Bonchev–Trinajstić information content (AvgIpc) is 3.24. The second-order valence-corrected chi connectivity index (χ2v) is 6.68. The summed E-state index contributed by atoms with van der Waals surface area (Å²) >= 11 is 0. The van der Waals surface area contributed by atoms with Gasteiger partial charge in [0, 0.05) is 6.04 Å². The maximum absolute atomic E-state index is 6.11. The molecule has 1 nitrogen and oxygen atoms in total. The fraction of sp³-hybridized carbons (Fsp3) is 1.00. The molecule has 0 aromatic rings. The fourth-order valence-electron chi connectivity index (χ4n) is 2.98. The molecule has 1 heteroatoms. The molecule has 0 bridgehead atoms. The molecule has 1 aliphatic carbocycles. The standard InChI is InChI=1S/C18H37N/c1-2-3-4-5-6-7-8-9-10-11-12-13-14-18(19)17-15-16-17/h17-18H,2-16,19H2,1H3. The van der Waals surface area contributed by atoms with Crippen LogP contribution in [0.15, 0.2) is 0 Å². The van der Waals surface area contributed by atoms with Crippen LogP contribution in [0.25, 0.3) is 0 Å². The van der Waals surface area contributed by atoms with Gasteiger partial charge in [-0.1, -0.05) is 84.0 Å². The highest BCUT2D eigenvalue weighted by Gasteiger charge is 2.27. The van der Waals surface area contributed by atoms with Crippen molar-refractivity contribution >= 4 is 0 Å². The van der Waals surface area contributed by atoms with Crippen molar-refractivity contribution in [2.45, 2.75) is 109 Å². The Labute approximate surface area is 121 Å². The summed E-state index contributed by atoms with van der Waals surface area (Å²) in [6.07, 6.45) is 21.3. The van der Waals surface area contributed by atoms with E-state index in [1.54, 1.807) is 0 Å². The molecule has 0 heterocycles. The van der Waals surface area contributed by atoms with Crippen LogP contribution in [-0.4, -0.2) is 6.04 Å². The van der Waals surface area contributed by atoms with Crippen molar-refractivity contribution in [2.75, 3.05) is 0 Å². The van der Waals surface area contributed by atoms with Gasteiger partial charge in [0.15, 0.2) is 0 Å². The van der Waals surface area contributed by atoms with E-state index in [9.17, 15) is 0 Å². The lowest BCUT2D eigenvalue weighted by molar-refractivity contribution is 0.493. The Bertz CT molecular complexity index is 186. The zero-order valence-electron chi connectivity index (χ0n) is 13.3. The number of nitrogens with two attached hydrogens (primary N) is 1. The Morgan fingerprint density at radius 3 is 1.58 bits per heavy atom. The monoisotopic (exact) mass is 267 g/mol. The topological polar surface area (TPSA) is 26.0 Å². The highest BCUT2D eigenvalue weighted by Crippen LogP contribution is 2.33. The van der Waals surface area contributed by atoms with Gasteiger partial charge in [-0.3, -0.25) is 0 Å². The number of rotatable bonds is 14. The predicted molar refractivity (Wildman–Crippen MR) is 86.4 cm³/mol. The SMILES string of the molecule is CCCCCCCCCCCCCCC(N)C1CC1. The first kappa shape index (κ1) is 17.0. The normalized spacial score (nSPS) is 16.7. The van der Waals surface area contributed by atoms with Crippen molar-refractivity contribution < 1.29 is 0 Å². The molecule has 0 spiro atoms. The lowest BCUT2D eigenvalue weighted by atomic mass is 10.0. The first-order chi connectivity index (χ1) is 9.34. The van der Waals surface area contributed by atoms with E-state index in [4.69, 9.17) is 5.73 Å². The highest BCUT2D eigenvalue weighted by atomic mass is 14.7. The van der Waals surface area contributed by atoms with Gasteiger partial charge in [-0.15, -0.1) is 0 Å². The summed E-state index contributed by atoms with van der Waals surface area (Å²) in [5.41, 5.74) is 6.11. The van der Waals surface area contributed by atoms with Gasteiger partial charge in [0.2, 0.25) is 0 Å². The molecule has 114 valence electrons. The van der Waals surface area contributed by atoms with Crippen LogP contribution in [0.4, 0.5) is 0 Å². The molecule has 0 aliphatic heterocycles. The molecule has 0 amide bonds. The zero-order chi connectivity index (χ0) is 13.8. The van der Waals surface area contributed by atoms with Crippen LogP contribution in [0, 0.1) is 5.92 Å². The van der Waals surface area contributed by atoms with Crippen molar-refractivity contribution in [1.82, 2.24) is 0 Å². The smallest absolute Gasteiger partial charge is 0.00671 e. The Kier molecular flexibility index (Phi) is 10.5. The minimum Gasteiger partial charge on any atom is -0.327 e. The van der Waals surface area contributed by atoms with Crippen molar-refractivity contribution in [2.24, 2.45) is 11.7 Å². The van der Waals surface area contributed by atoms with Gasteiger partial charge in [-0.05, 0) is 25.2 Å². The van der Waals surface area contributed by atoms with E-state index in [1.165, 1.54) is 96.3 Å². The Balaban J connectivity index is 1.67. The van der Waals surface area contributed by atoms with Gasteiger partial charge in [0.1, 0.15) is 0 Å². The van der Waals surface area contributed by atoms with Gasteiger partial charge < -0.3 is 5.73 Å². The molecule has 1 rings (SSSR count). The number of hydrogen-bond donors (Lipinski definition) is 1. The van der Waals surface area contributed by atoms with Crippen molar-refractivity contribution in [3.8, 4) is 0 Å². The van der Waals surface area contributed by atoms with E-state index in [0.717, 1.165) is 5.92 Å². The minimum atomic E-state index is 0.531. The summed E-state index contributed by atoms with van der Waals surface area (Å²) in [6, 6.07) is 0.531. The summed E-state index contributed by atoms with van der Waals surface area (Å²) in [4.78, 5) is 0. The van der Waals surface area contributed by atoms with Crippen LogP contribution in [0.1, 0.15) is 103 Å². The minimum absolute atomic E-state index is 0.531. The van der Waals surface area contributed by atoms with Crippen LogP contribution in [0.3, 0.4) is 0 Å². The second-order valence-electron chi connectivity index (χ2n) is 6.68. The van der Waals surface area contributed by atoms with Crippen LogP contribution in [0.5, 0.6) is 0 Å². The summed E-state index contributed by atoms with van der Waals surface area (Å²) in [5.74, 6) is 0.896. The molecular formula is C18H37N. The lowest BCUT2D eigenvalue weighted by Crippen LogP contribution is -2.21. The molecule has 19 heavy (non-hydrogen) atoms. The van der Waals surface area contributed by atoms with Crippen LogP contribution in [0.2, 0.25) is 0 Å². The van der Waals surface area contributed by atoms with E-state index in [-0.39, 0.29) is 0 Å². The van der Waals surface area contributed by atoms with E-state index in [1.807, 2.05) is 0 Å².